The standard InChI is InChI=1S/C14H14O6/c1-6-2-7-3-9-10(20-5-19-9)4-8(7)12(14(17)18)11(6)13(15)16/h3-4,6,11-12H,2,5H2,1H3,(H,15,16)(H,17,18). The second-order valence-electron chi connectivity index (χ2n) is 5.27. The predicted octanol–water partition coefficient (Wildman–Crippen LogP) is 1.48. The lowest BCUT2D eigenvalue weighted by Crippen LogP contribution is -2.37. The average molecular weight is 278 g/mol. The third-order valence-electron chi connectivity index (χ3n) is 4.03. The molecule has 0 fully saturated rings. The van der Waals surface area contributed by atoms with Crippen molar-refractivity contribution in [3.8, 4) is 11.5 Å². The average Bonchev–Trinajstić information content (AvgIpc) is 2.80. The smallest absolute Gasteiger partial charge is 0.311 e. The molecule has 0 aromatic heterocycles. The minimum absolute atomic E-state index is 0.105. The van der Waals surface area contributed by atoms with Gasteiger partial charge in [0.2, 0.25) is 6.79 Å². The van der Waals surface area contributed by atoms with E-state index in [1.165, 1.54) is 0 Å². The Morgan fingerprint density at radius 3 is 2.40 bits per heavy atom. The van der Waals surface area contributed by atoms with Crippen molar-refractivity contribution in [1.82, 2.24) is 0 Å². The molecule has 106 valence electrons. The van der Waals surface area contributed by atoms with Gasteiger partial charge in [0, 0.05) is 0 Å². The van der Waals surface area contributed by atoms with Crippen LogP contribution >= 0.6 is 0 Å². The van der Waals surface area contributed by atoms with E-state index >= 15 is 0 Å². The summed E-state index contributed by atoms with van der Waals surface area (Å²) in [6.45, 7) is 1.87. The Kier molecular flexibility index (Phi) is 2.81. The molecule has 0 saturated heterocycles. The van der Waals surface area contributed by atoms with Crippen molar-refractivity contribution < 1.29 is 29.3 Å². The second-order valence-corrected chi connectivity index (χ2v) is 5.27. The topological polar surface area (TPSA) is 93.1 Å². The molecule has 20 heavy (non-hydrogen) atoms. The fourth-order valence-corrected chi connectivity index (χ4v) is 3.13. The van der Waals surface area contributed by atoms with Crippen LogP contribution in [0.3, 0.4) is 0 Å². The lowest BCUT2D eigenvalue weighted by Gasteiger charge is -2.33. The van der Waals surface area contributed by atoms with Crippen molar-refractivity contribution in [2.75, 3.05) is 6.79 Å². The van der Waals surface area contributed by atoms with Gasteiger partial charge < -0.3 is 19.7 Å². The number of carboxylic acid groups (broad SMARTS) is 2. The van der Waals surface area contributed by atoms with E-state index in [9.17, 15) is 19.8 Å². The minimum Gasteiger partial charge on any atom is -0.481 e. The molecule has 0 amide bonds. The zero-order chi connectivity index (χ0) is 14.4. The number of ether oxygens (including phenoxy) is 2. The summed E-state index contributed by atoms with van der Waals surface area (Å²) in [5.41, 5.74) is 1.35. The van der Waals surface area contributed by atoms with Gasteiger partial charge >= 0.3 is 11.9 Å². The van der Waals surface area contributed by atoms with Crippen molar-refractivity contribution in [3.05, 3.63) is 23.3 Å². The zero-order valence-electron chi connectivity index (χ0n) is 10.8. The van der Waals surface area contributed by atoms with Crippen LogP contribution in [0.4, 0.5) is 0 Å². The van der Waals surface area contributed by atoms with E-state index in [0.717, 1.165) is 5.56 Å². The number of carbonyl (C=O) groups is 2. The number of carboxylic acids is 2. The van der Waals surface area contributed by atoms with E-state index in [4.69, 9.17) is 9.47 Å². The highest BCUT2D eigenvalue weighted by Gasteiger charge is 2.44. The van der Waals surface area contributed by atoms with Crippen molar-refractivity contribution in [2.24, 2.45) is 11.8 Å². The van der Waals surface area contributed by atoms with Crippen LogP contribution < -0.4 is 9.47 Å². The molecule has 1 aliphatic carbocycles. The van der Waals surface area contributed by atoms with Crippen molar-refractivity contribution in [3.63, 3.8) is 0 Å². The Morgan fingerprint density at radius 1 is 1.15 bits per heavy atom. The summed E-state index contributed by atoms with van der Waals surface area (Å²) in [6.07, 6.45) is 0.521. The number of benzene rings is 1. The van der Waals surface area contributed by atoms with E-state index in [2.05, 4.69) is 0 Å². The zero-order valence-corrected chi connectivity index (χ0v) is 10.8. The monoisotopic (exact) mass is 278 g/mol. The van der Waals surface area contributed by atoms with Crippen molar-refractivity contribution in [1.29, 1.82) is 0 Å². The Hall–Kier alpha value is -2.24. The summed E-state index contributed by atoms with van der Waals surface area (Å²) in [6, 6.07) is 3.38. The van der Waals surface area contributed by atoms with E-state index in [-0.39, 0.29) is 12.7 Å². The first-order valence-corrected chi connectivity index (χ1v) is 6.37. The molecule has 3 unspecified atom stereocenters. The molecule has 1 aromatic carbocycles. The highest BCUT2D eigenvalue weighted by molar-refractivity contribution is 5.86. The van der Waals surface area contributed by atoms with Crippen LogP contribution in [-0.2, 0) is 16.0 Å². The lowest BCUT2D eigenvalue weighted by atomic mass is 9.69. The molecule has 1 aliphatic heterocycles. The van der Waals surface area contributed by atoms with Crippen LogP contribution in [0.25, 0.3) is 0 Å². The summed E-state index contributed by atoms with van der Waals surface area (Å²) in [5.74, 6) is -3.36. The maximum atomic E-state index is 11.5. The molecule has 6 nitrogen and oxygen atoms in total. The molecule has 3 rings (SSSR count). The van der Waals surface area contributed by atoms with E-state index < -0.39 is 23.8 Å². The van der Waals surface area contributed by atoms with Crippen molar-refractivity contribution >= 4 is 11.9 Å². The van der Waals surface area contributed by atoms with Crippen molar-refractivity contribution in [2.45, 2.75) is 19.3 Å². The quantitative estimate of drug-likeness (QED) is 0.851. The molecule has 0 bridgehead atoms. The molecule has 0 spiro atoms. The van der Waals surface area contributed by atoms with Crippen LogP contribution in [0.1, 0.15) is 24.0 Å². The molecular weight excluding hydrogens is 264 g/mol. The molecular formula is C14H14O6. The van der Waals surface area contributed by atoms with Gasteiger partial charge in [-0.3, -0.25) is 9.59 Å². The van der Waals surface area contributed by atoms with E-state index in [1.54, 1.807) is 19.1 Å². The summed E-state index contributed by atoms with van der Waals surface area (Å²) >= 11 is 0. The normalized spacial score (nSPS) is 26.9. The minimum atomic E-state index is -1.12. The first-order chi connectivity index (χ1) is 9.49. The third kappa shape index (κ3) is 1.79. The van der Waals surface area contributed by atoms with Gasteiger partial charge in [-0.15, -0.1) is 0 Å². The molecule has 0 saturated carbocycles. The van der Waals surface area contributed by atoms with E-state index in [1.807, 2.05) is 0 Å². The number of fused-ring (bicyclic) bond motifs is 2. The fourth-order valence-electron chi connectivity index (χ4n) is 3.13. The number of hydrogen-bond acceptors (Lipinski definition) is 4. The first kappa shape index (κ1) is 12.8. The van der Waals surface area contributed by atoms with Crippen LogP contribution in [0, 0.1) is 11.8 Å². The summed E-state index contributed by atoms with van der Waals surface area (Å²) in [5, 5.41) is 18.8. The summed E-state index contributed by atoms with van der Waals surface area (Å²) in [4.78, 5) is 22.9. The highest BCUT2D eigenvalue weighted by Crippen LogP contribution is 2.45. The van der Waals surface area contributed by atoms with Gasteiger partial charge in [-0.2, -0.15) is 0 Å². The van der Waals surface area contributed by atoms with Gasteiger partial charge in [0.25, 0.3) is 0 Å². The van der Waals surface area contributed by atoms with Crippen LogP contribution in [-0.4, -0.2) is 28.9 Å². The Balaban J connectivity index is 2.14. The second kappa shape index (κ2) is 4.40. The van der Waals surface area contributed by atoms with Gasteiger partial charge in [-0.05, 0) is 35.6 Å². The lowest BCUT2D eigenvalue weighted by molar-refractivity contribution is -0.152. The molecule has 3 atom stereocenters. The molecule has 2 N–H and O–H groups in total. The predicted molar refractivity (Wildman–Crippen MR) is 66.9 cm³/mol. The Morgan fingerprint density at radius 2 is 1.80 bits per heavy atom. The molecule has 1 aromatic rings. The highest BCUT2D eigenvalue weighted by atomic mass is 16.7. The van der Waals surface area contributed by atoms with Crippen LogP contribution in [0.5, 0.6) is 11.5 Å². The maximum absolute atomic E-state index is 11.5. The van der Waals surface area contributed by atoms with Gasteiger partial charge in [-0.1, -0.05) is 6.92 Å². The third-order valence-corrected chi connectivity index (χ3v) is 4.03. The SMILES string of the molecule is CC1Cc2cc3c(cc2C(C(=O)O)C1C(=O)O)OCO3. The van der Waals surface area contributed by atoms with Gasteiger partial charge in [-0.25, -0.2) is 0 Å². The number of aliphatic carboxylic acids is 2. The van der Waals surface area contributed by atoms with Gasteiger partial charge in [0.15, 0.2) is 11.5 Å². The fraction of sp³-hybridized carbons (Fsp3) is 0.429. The molecule has 6 heteroatoms. The maximum Gasteiger partial charge on any atom is 0.311 e. The van der Waals surface area contributed by atoms with Crippen LogP contribution in [0.2, 0.25) is 0 Å². The number of rotatable bonds is 2. The van der Waals surface area contributed by atoms with Gasteiger partial charge in [0.05, 0.1) is 11.8 Å². The number of hydrogen-bond donors (Lipinski definition) is 2. The Bertz CT molecular complexity index is 594. The molecule has 0 radical (unpaired) electrons. The van der Waals surface area contributed by atoms with Gasteiger partial charge in [0.1, 0.15) is 0 Å². The summed E-state index contributed by atoms with van der Waals surface area (Å²) in [7, 11) is 0. The molecule has 1 heterocycles. The van der Waals surface area contributed by atoms with E-state index in [0.29, 0.717) is 23.5 Å². The Labute approximate surface area is 114 Å². The first-order valence-electron chi connectivity index (χ1n) is 6.37. The van der Waals surface area contributed by atoms with Crippen LogP contribution in [0.15, 0.2) is 12.1 Å². The summed E-state index contributed by atoms with van der Waals surface area (Å²) < 4.78 is 10.5. The largest absolute Gasteiger partial charge is 0.481 e. The molecule has 2 aliphatic rings.